The van der Waals surface area contributed by atoms with E-state index in [1.165, 1.54) is 0 Å². The Bertz CT molecular complexity index is 450. The molecule has 0 saturated heterocycles. The van der Waals surface area contributed by atoms with Crippen molar-refractivity contribution < 1.29 is 4.52 Å². The minimum atomic E-state index is 0.509. The highest BCUT2D eigenvalue weighted by Crippen LogP contribution is 2.29. The molecular formula is C9H7Cl2NO. The van der Waals surface area contributed by atoms with Crippen molar-refractivity contribution in [1.29, 1.82) is 0 Å². The second-order valence-corrected chi connectivity index (χ2v) is 3.59. The molecule has 0 aliphatic rings. The minimum absolute atomic E-state index is 0.509. The summed E-state index contributed by atoms with van der Waals surface area (Å²) in [5.74, 6) is 0. The Kier molecular flexibility index (Phi) is 2.18. The third kappa shape index (κ3) is 1.40. The largest absolute Gasteiger partial charge is 0.354 e. The third-order valence-corrected chi connectivity index (χ3v) is 2.40. The van der Waals surface area contributed by atoms with Gasteiger partial charge in [-0.05, 0) is 18.6 Å². The lowest BCUT2D eigenvalue weighted by molar-refractivity contribution is 0.447. The molecule has 1 aromatic heterocycles. The molecule has 13 heavy (non-hydrogen) atoms. The summed E-state index contributed by atoms with van der Waals surface area (Å²) in [6.07, 6.45) is 0.809. The summed E-state index contributed by atoms with van der Waals surface area (Å²) < 4.78 is 5.09. The number of fused-ring (bicyclic) bond motifs is 1. The molecular weight excluding hydrogens is 209 g/mol. The first-order chi connectivity index (χ1) is 6.22. The molecule has 0 N–H and O–H groups in total. The van der Waals surface area contributed by atoms with E-state index in [0.717, 1.165) is 17.5 Å². The SMILES string of the molecule is CCc1noc2c(Cl)cc(Cl)cc12. The van der Waals surface area contributed by atoms with Gasteiger partial charge in [0, 0.05) is 10.4 Å². The molecule has 0 saturated carbocycles. The van der Waals surface area contributed by atoms with Crippen LogP contribution < -0.4 is 0 Å². The molecule has 0 aliphatic heterocycles. The molecule has 0 radical (unpaired) electrons. The van der Waals surface area contributed by atoms with E-state index in [4.69, 9.17) is 27.7 Å². The van der Waals surface area contributed by atoms with Crippen molar-refractivity contribution in [2.75, 3.05) is 0 Å². The number of hydrogen-bond acceptors (Lipinski definition) is 2. The maximum atomic E-state index is 5.91. The average Bonchev–Trinajstić information content (AvgIpc) is 2.47. The summed E-state index contributed by atoms with van der Waals surface area (Å²) in [5.41, 5.74) is 1.50. The number of hydrogen-bond donors (Lipinski definition) is 0. The van der Waals surface area contributed by atoms with Gasteiger partial charge in [-0.1, -0.05) is 35.3 Å². The van der Waals surface area contributed by atoms with Crippen LogP contribution in [0.3, 0.4) is 0 Å². The normalized spacial score (nSPS) is 11.0. The second kappa shape index (κ2) is 3.20. The van der Waals surface area contributed by atoms with Crippen LogP contribution in [0, 0.1) is 0 Å². The standard InChI is InChI=1S/C9H7Cl2NO/c1-2-8-6-3-5(10)4-7(11)9(6)13-12-8/h3-4H,2H2,1H3. The van der Waals surface area contributed by atoms with E-state index in [1.54, 1.807) is 6.07 Å². The minimum Gasteiger partial charge on any atom is -0.354 e. The van der Waals surface area contributed by atoms with Gasteiger partial charge in [0.05, 0.1) is 10.7 Å². The summed E-state index contributed by atoms with van der Waals surface area (Å²) in [7, 11) is 0. The van der Waals surface area contributed by atoms with Crippen LogP contribution in [0.5, 0.6) is 0 Å². The van der Waals surface area contributed by atoms with Crippen LogP contribution in [0.1, 0.15) is 12.6 Å². The van der Waals surface area contributed by atoms with Gasteiger partial charge in [-0.15, -0.1) is 0 Å². The van der Waals surface area contributed by atoms with Crippen LogP contribution in [0.4, 0.5) is 0 Å². The fourth-order valence-electron chi connectivity index (χ4n) is 1.27. The van der Waals surface area contributed by atoms with Crippen molar-refractivity contribution in [2.24, 2.45) is 0 Å². The Morgan fingerprint density at radius 3 is 2.85 bits per heavy atom. The van der Waals surface area contributed by atoms with E-state index in [1.807, 2.05) is 13.0 Å². The lowest BCUT2D eigenvalue weighted by Gasteiger charge is -1.93. The van der Waals surface area contributed by atoms with Gasteiger partial charge in [0.25, 0.3) is 0 Å². The van der Waals surface area contributed by atoms with Crippen LogP contribution in [0.15, 0.2) is 16.7 Å². The molecule has 0 amide bonds. The summed E-state index contributed by atoms with van der Waals surface area (Å²) in [6.45, 7) is 2.01. The lowest BCUT2D eigenvalue weighted by Crippen LogP contribution is -1.78. The molecule has 4 heteroatoms. The van der Waals surface area contributed by atoms with Crippen molar-refractivity contribution in [2.45, 2.75) is 13.3 Å². The lowest BCUT2D eigenvalue weighted by atomic mass is 10.2. The van der Waals surface area contributed by atoms with E-state index >= 15 is 0 Å². The molecule has 68 valence electrons. The predicted molar refractivity (Wildman–Crippen MR) is 53.4 cm³/mol. The zero-order valence-electron chi connectivity index (χ0n) is 6.97. The highest BCUT2D eigenvalue weighted by atomic mass is 35.5. The first-order valence-electron chi connectivity index (χ1n) is 3.95. The number of halogens is 2. The fraction of sp³-hybridized carbons (Fsp3) is 0.222. The Hall–Kier alpha value is -0.730. The molecule has 2 aromatic rings. The molecule has 0 spiro atoms. The van der Waals surface area contributed by atoms with Crippen molar-refractivity contribution in [1.82, 2.24) is 5.16 Å². The molecule has 0 bridgehead atoms. The van der Waals surface area contributed by atoms with Gasteiger partial charge in [-0.3, -0.25) is 0 Å². The topological polar surface area (TPSA) is 26.0 Å². The Morgan fingerprint density at radius 1 is 1.38 bits per heavy atom. The molecule has 2 rings (SSSR count). The van der Waals surface area contributed by atoms with Gasteiger partial charge in [0.2, 0.25) is 0 Å². The highest BCUT2D eigenvalue weighted by Gasteiger charge is 2.10. The van der Waals surface area contributed by atoms with Gasteiger partial charge in [-0.25, -0.2) is 0 Å². The quantitative estimate of drug-likeness (QED) is 0.726. The number of rotatable bonds is 1. The second-order valence-electron chi connectivity index (χ2n) is 2.75. The van der Waals surface area contributed by atoms with E-state index < -0.39 is 0 Å². The number of nitrogens with zero attached hydrogens (tertiary/aromatic N) is 1. The summed E-state index contributed by atoms with van der Waals surface area (Å²) in [6, 6.07) is 3.47. The molecule has 1 heterocycles. The van der Waals surface area contributed by atoms with Gasteiger partial charge >= 0.3 is 0 Å². The van der Waals surface area contributed by atoms with Crippen molar-refractivity contribution in [3.05, 3.63) is 27.9 Å². The van der Waals surface area contributed by atoms with E-state index in [0.29, 0.717) is 15.6 Å². The molecule has 0 unspecified atom stereocenters. The number of benzene rings is 1. The smallest absolute Gasteiger partial charge is 0.185 e. The molecule has 2 nitrogen and oxygen atoms in total. The Labute approximate surface area is 85.4 Å². The molecule has 1 aromatic carbocycles. The highest BCUT2D eigenvalue weighted by molar-refractivity contribution is 6.38. The fourth-order valence-corrected chi connectivity index (χ4v) is 1.80. The van der Waals surface area contributed by atoms with Crippen molar-refractivity contribution in [3.63, 3.8) is 0 Å². The van der Waals surface area contributed by atoms with Gasteiger partial charge < -0.3 is 4.52 Å². The first-order valence-corrected chi connectivity index (χ1v) is 4.71. The van der Waals surface area contributed by atoms with E-state index in [-0.39, 0.29) is 0 Å². The van der Waals surface area contributed by atoms with Crippen molar-refractivity contribution in [3.8, 4) is 0 Å². The first kappa shape index (κ1) is 8.85. The third-order valence-electron chi connectivity index (χ3n) is 1.90. The van der Waals surface area contributed by atoms with Crippen LogP contribution in [0.25, 0.3) is 11.0 Å². The summed E-state index contributed by atoms with van der Waals surface area (Å²) in [5, 5.41) is 5.92. The van der Waals surface area contributed by atoms with E-state index in [2.05, 4.69) is 5.16 Å². The zero-order valence-corrected chi connectivity index (χ0v) is 8.49. The maximum Gasteiger partial charge on any atom is 0.185 e. The molecule has 0 aliphatic carbocycles. The predicted octanol–water partition coefficient (Wildman–Crippen LogP) is 3.70. The van der Waals surface area contributed by atoms with Crippen LogP contribution in [-0.4, -0.2) is 5.16 Å². The number of aromatic nitrogens is 1. The maximum absolute atomic E-state index is 5.91. The van der Waals surface area contributed by atoms with Gasteiger partial charge in [0.15, 0.2) is 5.58 Å². The van der Waals surface area contributed by atoms with E-state index in [9.17, 15) is 0 Å². The Morgan fingerprint density at radius 2 is 2.15 bits per heavy atom. The molecule has 0 atom stereocenters. The van der Waals surface area contributed by atoms with Crippen molar-refractivity contribution >= 4 is 34.2 Å². The monoisotopic (exact) mass is 215 g/mol. The van der Waals surface area contributed by atoms with Gasteiger partial charge in [0.1, 0.15) is 0 Å². The summed E-state index contributed by atoms with van der Waals surface area (Å²) in [4.78, 5) is 0. The van der Waals surface area contributed by atoms with Crippen LogP contribution >= 0.6 is 23.2 Å². The van der Waals surface area contributed by atoms with Crippen LogP contribution in [0.2, 0.25) is 10.0 Å². The van der Waals surface area contributed by atoms with Gasteiger partial charge in [-0.2, -0.15) is 0 Å². The number of aryl methyl sites for hydroxylation is 1. The Balaban J connectivity index is 2.82. The summed E-state index contributed by atoms with van der Waals surface area (Å²) >= 11 is 11.8. The average molecular weight is 216 g/mol. The molecule has 0 fully saturated rings. The zero-order chi connectivity index (χ0) is 9.42. The van der Waals surface area contributed by atoms with Crippen LogP contribution in [-0.2, 0) is 6.42 Å².